The first-order chi connectivity index (χ1) is 7.54. The van der Waals surface area contributed by atoms with Gasteiger partial charge in [-0.25, -0.2) is 4.39 Å². The van der Waals surface area contributed by atoms with Crippen LogP contribution in [0.2, 0.25) is 0 Å². The summed E-state index contributed by atoms with van der Waals surface area (Å²) in [4.78, 5) is 0. The lowest BCUT2D eigenvalue weighted by atomic mass is 10.1. The third-order valence-electron chi connectivity index (χ3n) is 2.43. The second-order valence-corrected chi connectivity index (χ2v) is 3.69. The Morgan fingerprint density at radius 3 is 2.44 bits per heavy atom. The Bertz CT molecular complexity index is 364. The molecular formula is C11H16FN3O. The number of rotatable bonds is 4. The predicted octanol–water partition coefficient (Wildman–Crippen LogP) is 1.61. The molecule has 1 aromatic rings. The summed E-state index contributed by atoms with van der Waals surface area (Å²) >= 11 is 0. The zero-order chi connectivity index (χ0) is 12.1. The molecule has 0 aromatic heterocycles. The quantitative estimate of drug-likeness (QED) is 0.315. The van der Waals surface area contributed by atoms with Crippen molar-refractivity contribution in [1.82, 2.24) is 5.32 Å². The van der Waals surface area contributed by atoms with Crippen LogP contribution in [0.5, 0.6) is 0 Å². The smallest absolute Gasteiger partial charge is 0.156 e. The zero-order valence-corrected chi connectivity index (χ0v) is 9.31. The highest BCUT2D eigenvalue weighted by Gasteiger charge is 2.12. The highest BCUT2D eigenvalue weighted by molar-refractivity contribution is 5.84. The number of oxime groups is 1. The molecule has 0 aliphatic heterocycles. The van der Waals surface area contributed by atoms with Gasteiger partial charge in [0.25, 0.3) is 0 Å². The lowest BCUT2D eigenvalue weighted by Crippen LogP contribution is -2.40. The molecule has 0 aliphatic carbocycles. The number of halogens is 1. The Labute approximate surface area is 94.0 Å². The van der Waals surface area contributed by atoms with Gasteiger partial charge in [-0.05, 0) is 31.5 Å². The molecule has 88 valence electrons. The van der Waals surface area contributed by atoms with Gasteiger partial charge in [-0.2, -0.15) is 0 Å². The number of hydrogen-bond donors (Lipinski definition) is 3. The molecule has 4 nitrogen and oxygen atoms in total. The fourth-order valence-corrected chi connectivity index (χ4v) is 1.39. The lowest BCUT2D eigenvalue weighted by molar-refractivity contribution is 0.314. The minimum Gasteiger partial charge on any atom is -0.409 e. The molecule has 16 heavy (non-hydrogen) atoms. The molecule has 0 saturated carbocycles. The van der Waals surface area contributed by atoms with Gasteiger partial charge in [0.1, 0.15) is 5.82 Å². The van der Waals surface area contributed by atoms with Gasteiger partial charge in [0.15, 0.2) is 5.84 Å². The number of nitrogens with zero attached hydrogens (tertiary/aromatic N) is 1. The molecule has 0 heterocycles. The second kappa shape index (κ2) is 5.46. The summed E-state index contributed by atoms with van der Waals surface area (Å²) < 4.78 is 12.7. The second-order valence-electron chi connectivity index (χ2n) is 3.69. The first-order valence-corrected chi connectivity index (χ1v) is 5.03. The summed E-state index contributed by atoms with van der Waals surface area (Å²) in [5.74, 6) is -0.144. The average Bonchev–Trinajstić information content (AvgIpc) is 2.28. The predicted molar refractivity (Wildman–Crippen MR) is 60.8 cm³/mol. The van der Waals surface area contributed by atoms with Gasteiger partial charge in [0, 0.05) is 6.04 Å². The standard InChI is InChI=1S/C11H16FN3O/c1-7(14-8(2)11(13)15-16)9-3-5-10(12)6-4-9/h3-8,14,16H,1-2H3,(H2,13,15)/t7-,8?/m1/s1. The molecule has 4 N–H and O–H groups in total. The van der Waals surface area contributed by atoms with Crippen molar-refractivity contribution in [3.63, 3.8) is 0 Å². The van der Waals surface area contributed by atoms with Crippen molar-refractivity contribution in [2.24, 2.45) is 10.9 Å². The van der Waals surface area contributed by atoms with Crippen LogP contribution < -0.4 is 11.1 Å². The number of benzene rings is 1. The van der Waals surface area contributed by atoms with E-state index in [0.717, 1.165) is 5.56 Å². The normalized spacial score (nSPS) is 15.8. The molecule has 1 unspecified atom stereocenters. The van der Waals surface area contributed by atoms with Crippen molar-refractivity contribution >= 4 is 5.84 Å². The van der Waals surface area contributed by atoms with Crippen LogP contribution in [0, 0.1) is 5.82 Å². The summed E-state index contributed by atoms with van der Waals surface area (Å²) in [5.41, 5.74) is 6.39. The van der Waals surface area contributed by atoms with Crippen LogP contribution >= 0.6 is 0 Å². The van der Waals surface area contributed by atoms with Crippen molar-refractivity contribution in [3.8, 4) is 0 Å². The van der Waals surface area contributed by atoms with Crippen LogP contribution in [-0.4, -0.2) is 17.1 Å². The summed E-state index contributed by atoms with van der Waals surface area (Å²) in [5, 5.41) is 14.5. The SMILES string of the molecule is CC(N[C@H](C)c1ccc(F)cc1)/C(N)=N/O. The summed E-state index contributed by atoms with van der Waals surface area (Å²) in [6, 6.07) is 5.96. The molecule has 0 radical (unpaired) electrons. The fraction of sp³-hybridized carbons (Fsp3) is 0.364. The van der Waals surface area contributed by atoms with E-state index in [4.69, 9.17) is 10.9 Å². The molecule has 5 heteroatoms. The van der Waals surface area contributed by atoms with E-state index in [1.165, 1.54) is 12.1 Å². The Morgan fingerprint density at radius 1 is 1.38 bits per heavy atom. The first-order valence-electron chi connectivity index (χ1n) is 5.03. The van der Waals surface area contributed by atoms with Crippen molar-refractivity contribution in [2.75, 3.05) is 0 Å². The number of nitrogens with two attached hydrogens (primary N) is 1. The number of amidine groups is 1. The van der Waals surface area contributed by atoms with Crippen LogP contribution in [0.4, 0.5) is 4.39 Å². The van der Waals surface area contributed by atoms with E-state index in [9.17, 15) is 4.39 Å². The van der Waals surface area contributed by atoms with Crippen LogP contribution in [0.15, 0.2) is 29.4 Å². The zero-order valence-electron chi connectivity index (χ0n) is 9.31. The molecule has 0 spiro atoms. The van der Waals surface area contributed by atoms with E-state index in [0.29, 0.717) is 0 Å². The van der Waals surface area contributed by atoms with Gasteiger partial charge in [-0.15, -0.1) is 0 Å². The lowest BCUT2D eigenvalue weighted by Gasteiger charge is -2.19. The third kappa shape index (κ3) is 3.20. The summed E-state index contributed by atoms with van der Waals surface area (Å²) in [6.07, 6.45) is 0. The molecule has 1 aromatic carbocycles. The maximum Gasteiger partial charge on any atom is 0.156 e. The largest absolute Gasteiger partial charge is 0.409 e. The third-order valence-corrected chi connectivity index (χ3v) is 2.43. The van der Waals surface area contributed by atoms with Crippen LogP contribution in [-0.2, 0) is 0 Å². The van der Waals surface area contributed by atoms with Crippen molar-refractivity contribution in [2.45, 2.75) is 25.9 Å². The molecule has 0 amide bonds. The van der Waals surface area contributed by atoms with Gasteiger partial charge < -0.3 is 16.3 Å². The monoisotopic (exact) mass is 225 g/mol. The molecule has 0 aliphatic rings. The van der Waals surface area contributed by atoms with E-state index < -0.39 is 0 Å². The van der Waals surface area contributed by atoms with E-state index in [2.05, 4.69) is 10.5 Å². The topological polar surface area (TPSA) is 70.6 Å². The summed E-state index contributed by atoms with van der Waals surface area (Å²) in [6.45, 7) is 3.71. The fourth-order valence-electron chi connectivity index (χ4n) is 1.39. The molecule has 2 atom stereocenters. The van der Waals surface area contributed by atoms with Gasteiger partial charge in [0.2, 0.25) is 0 Å². The average molecular weight is 225 g/mol. The number of nitrogens with one attached hydrogen (secondary N) is 1. The van der Waals surface area contributed by atoms with Gasteiger partial charge in [0.05, 0.1) is 6.04 Å². The maximum absolute atomic E-state index is 12.7. The molecule has 0 fully saturated rings. The highest BCUT2D eigenvalue weighted by Crippen LogP contribution is 2.13. The summed E-state index contributed by atoms with van der Waals surface area (Å²) in [7, 11) is 0. The Morgan fingerprint density at radius 2 is 1.94 bits per heavy atom. The Hall–Kier alpha value is -1.62. The van der Waals surface area contributed by atoms with Crippen LogP contribution in [0.25, 0.3) is 0 Å². The van der Waals surface area contributed by atoms with Gasteiger partial charge in [-0.3, -0.25) is 0 Å². The number of hydrogen-bond acceptors (Lipinski definition) is 3. The van der Waals surface area contributed by atoms with Gasteiger partial charge in [-0.1, -0.05) is 17.3 Å². The van der Waals surface area contributed by atoms with E-state index in [1.807, 2.05) is 6.92 Å². The molecule has 0 saturated heterocycles. The minimum atomic E-state index is -0.263. The van der Waals surface area contributed by atoms with Crippen LogP contribution in [0.1, 0.15) is 25.5 Å². The van der Waals surface area contributed by atoms with Crippen molar-refractivity contribution < 1.29 is 9.60 Å². The minimum absolute atomic E-state index is 0.00380. The Kier molecular flexibility index (Phi) is 4.25. The van der Waals surface area contributed by atoms with Gasteiger partial charge >= 0.3 is 0 Å². The van der Waals surface area contributed by atoms with Crippen LogP contribution in [0.3, 0.4) is 0 Å². The van der Waals surface area contributed by atoms with E-state index in [-0.39, 0.29) is 23.7 Å². The van der Waals surface area contributed by atoms with Crippen molar-refractivity contribution in [1.29, 1.82) is 0 Å². The molecule has 1 rings (SSSR count). The van der Waals surface area contributed by atoms with E-state index in [1.54, 1.807) is 19.1 Å². The van der Waals surface area contributed by atoms with Crippen molar-refractivity contribution in [3.05, 3.63) is 35.6 Å². The maximum atomic E-state index is 12.7. The Balaban J connectivity index is 2.65. The van der Waals surface area contributed by atoms with E-state index >= 15 is 0 Å². The first kappa shape index (κ1) is 12.4. The highest BCUT2D eigenvalue weighted by atomic mass is 19.1. The molecular weight excluding hydrogens is 209 g/mol. The molecule has 0 bridgehead atoms.